The summed E-state index contributed by atoms with van der Waals surface area (Å²) >= 11 is 4.21. The van der Waals surface area contributed by atoms with Gasteiger partial charge in [-0.2, -0.15) is 0 Å². The zero-order chi connectivity index (χ0) is 5.70. The number of hydrogen-bond acceptors (Lipinski definition) is 2. The highest BCUT2D eigenvalue weighted by Gasteiger charge is 1.77. The van der Waals surface area contributed by atoms with Gasteiger partial charge in [-0.05, 0) is 0 Å². The van der Waals surface area contributed by atoms with E-state index >= 15 is 0 Å². The van der Waals surface area contributed by atoms with Crippen LogP contribution in [0.2, 0.25) is 0 Å². The van der Waals surface area contributed by atoms with E-state index in [0.717, 1.165) is 5.37 Å². The van der Waals surface area contributed by atoms with Crippen molar-refractivity contribution >= 4 is 23.6 Å². The molecule has 0 bridgehead atoms. The molecule has 0 atom stereocenters. The van der Waals surface area contributed by atoms with E-state index in [1.165, 1.54) is 0 Å². The van der Waals surface area contributed by atoms with Gasteiger partial charge in [0.2, 0.25) is 0 Å². The quantitative estimate of drug-likeness (QED) is 0.358. The molecule has 0 spiro atoms. The summed E-state index contributed by atoms with van der Waals surface area (Å²) in [5.74, 6) is 2.74. The minimum Gasteiger partial charge on any atom is -0.472 e. The highest BCUT2D eigenvalue weighted by atomic mass is 32.1. The molecule has 0 aliphatic heterocycles. The second kappa shape index (κ2) is 3.32. The largest absolute Gasteiger partial charge is 0.472 e. The van der Waals surface area contributed by atoms with Crippen molar-refractivity contribution in [3.05, 3.63) is 0 Å². The normalized spacial score (nSPS) is 5.71. The van der Waals surface area contributed by atoms with Crippen LogP contribution < -0.4 is 0 Å². The van der Waals surface area contributed by atoms with E-state index in [-0.39, 0.29) is 0 Å². The van der Waals surface area contributed by atoms with Gasteiger partial charge in [-0.25, -0.2) is 4.79 Å². The van der Waals surface area contributed by atoms with Crippen LogP contribution in [0.15, 0.2) is 0 Å². The van der Waals surface area contributed by atoms with Gasteiger partial charge in [-0.3, -0.25) is 0 Å². The van der Waals surface area contributed by atoms with Crippen molar-refractivity contribution in [1.29, 1.82) is 0 Å². The summed E-state index contributed by atoms with van der Waals surface area (Å²) in [5.41, 5.74) is 0. The van der Waals surface area contributed by atoms with Crippen LogP contribution in [-0.4, -0.2) is 16.4 Å². The monoisotopic (exact) mass is 114 g/mol. The van der Waals surface area contributed by atoms with Crippen molar-refractivity contribution in [2.24, 2.45) is 0 Å². The molecule has 2 nitrogen and oxygen atoms in total. The number of hydrogen-bond donors (Lipinski definition) is 1. The topological polar surface area (TPSA) is 37.3 Å². The van der Waals surface area contributed by atoms with E-state index in [1.807, 2.05) is 0 Å². The molecule has 0 aromatic heterocycles. The lowest BCUT2D eigenvalue weighted by Crippen LogP contribution is -1.85. The Labute approximate surface area is 46.1 Å². The number of carboxylic acid groups (broad SMARTS) is 1. The maximum atomic E-state index is 9.52. The first-order chi connectivity index (χ1) is 3.27. The lowest BCUT2D eigenvalue weighted by Gasteiger charge is -1.63. The molecule has 0 aromatic carbocycles. The van der Waals surface area contributed by atoms with Crippen LogP contribution in [-0.2, 0) is 4.79 Å². The Morgan fingerprint density at radius 3 is 2.57 bits per heavy atom. The average molecular weight is 114 g/mol. The fourth-order valence-corrected chi connectivity index (χ4v) is 0.150. The third-order valence-electron chi connectivity index (χ3n) is 0.238. The molecule has 0 radical (unpaired) electrons. The van der Waals surface area contributed by atoms with E-state index < -0.39 is 5.97 Å². The Bertz CT molecular complexity index is 140. The Kier molecular flexibility index (Phi) is 2.90. The van der Waals surface area contributed by atoms with Crippen LogP contribution in [0.4, 0.5) is 0 Å². The van der Waals surface area contributed by atoms with Gasteiger partial charge in [-0.15, -0.1) is 0 Å². The van der Waals surface area contributed by atoms with Gasteiger partial charge in [-0.1, -0.05) is 18.1 Å². The Balaban J connectivity index is 3.66. The molecule has 36 valence electrons. The van der Waals surface area contributed by atoms with Crippen molar-refractivity contribution in [1.82, 2.24) is 0 Å². The number of carboxylic acids is 1. The van der Waals surface area contributed by atoms with E-state index in [4.69, 9.17) is 5.11 Å². The van der Waals surface area contributed by atoms with E-state index in [1.54, 1.807) is 5.92 Å². The Hall–Kier alpha value is -0.880. The first-order valence-corrected chi connectivity index (χ1v) is 1.92. The van der Waals surface area contributed by atoms with E-state index in [2.05, 4.69) is 18.1 Å². The molecule has 0 saturated heterocycles. The molecule has 7 heavy (non-hydrogen) atoms. The number of thiocarbonyl (C=S) groups is 1. The fraction of sp³-hybridized carbons (Fsp3) is 0. The lowest BCUT2D eigenvalue weighted by molar-refractivity contribution is -0.130. The standard InChI is InChI=1S/C4H2O2S/c5-4(6)2-1-3-7/h3H,(H,5,6). The van der Waals surface area contributed by atoms with Gasteiger partial charge in [0.15, 0.2) is 0 Å². The van der Waals surface area contributed by atoms with Crippen LogP contribution in [0.3, 0.4) is 0 Å². The first kappa shape index (κ1) is 6.12. The smallest absolute Gasteiger partial charge is 0.382 e. The zero-order valence-electron chi connectivity index (χ0n) is 3.34. The first-order valence-electron chi connectivity index (χ1n) is 1.45. The molecular formula is C4H2O2S. The van der Waals surface area contributed by atoms with Crippen molar-refractivity contribution < 1.29 is 9.90 Å². The Morgan fingerprint density at radius 1 is 1.86 bits per heavy atom. The van der Waals surface area contributed by atoms with Gasteiger partial charge >= 0.3 is 5.97 Å². The molecule has 0 aliphatic carbocycles. The minimum absolute atomic E-state index is 1.06. The van der Waals surface area contributed by atoms with Crippen LogP contribution >= 0.6 is 12.2 Å². The molecule has 0 rings (SSSR count). The summed E-state index contributed by atoms with van der Waals surface area (Å²) in [7, 11) is 0. The van der Waals surface area contributed by atoms with Gasteiger partial charge in [0.25, 0.3) is 0 Å². The van der Waals surface area contributed by atoms with Crippen molar-refractivity contribution in [3.8, 4) is 11.8 Å². The SMILES string of the molecule is O=C(O)C#CC=S. The van der Waals surface area contributed by atoms with E-state index in [9.17, 15) is 4.79 Å². The van der Waals surface area contributed by atoms with Crippen LogP contribution in [0.25, 0.3) is 0 Å². The van der Waals surface area contributed by atoms with E-state index in [0.29, 0.717) is 0 Å². The molecule has 3 heteroatoms. The van der Waals surface area contributed by atoms with Gasteiger partial charge < -0.3 is 5.11 Å². The Morgan fingerprint density at radius 2 is 2.43 bits per heavy atom. The van der Waals surface area contributed by atoms with Crippen LogP contribution in [0, 0.1) is 11.8 Å². The molecule has 0 aromatic rings. The van der Waals surface area contributed by atoms with Crippen molar-refractivity contribution in [2.75, 3.05) is 0 Å². The maximum Gasteiger partial charge on any atom is 0.382 e. The number of rotatable bonds is 0. The molecule has 0 heterocycles. The summed E-state index contributed by atoms with van der Waals surface area (Å²) in [6, 6.07) is 0. The van der Waals surface area contributed by atoms with Crippen molar-refractivity contribution in [2.45, 2.75) is 0 Å². The molecule has 0 fully saturated rings. The number of aliphatic carboxylic acids is 1. The molecule has 0 amide bonds. The number of carbonyl (C=O) groups is 1. The highest BCUT2D eigenvalue weighted by Crippen LogP contribution is 1.53. The molecule has 0 unspecified atom stereocenters. The summed E-state index contributed by atoms with van der Waals surface area (Å²) in [6.45, 7) is 0. The van der Waals surface area contributed by atoms with Crippen molar-refractivity contribution in [3.63, 3.8) is 0 Å². The van der Waals surface area contributed by atoms with Gasteiger partial charge in [0, 0.05) is 5.92 Å². The highest BCUT2D eigenvalue weighted by molar-refractivity contribution is 7.79. The predicted molar refractivity (Wildman–Crippen MR) is 29.1 cm³/mol. The van der Waals surface area contributed by atoms with Crippen LogP contribution in [0.1, 0.15) is 0 Å². The summed E-state index contributed by atoms with van der Waals surface area (Å²) in [6.07, 6.45) is 0. The van der Waals surface area contributed by atoms with Gasteiger partial charge in [0.05, 0.1) is 5.37 Å². The molecule has 1 N–H and O–H groups in total. The zero-order valence-corrected chi connectivity index (χ0v) is 4.16. The third-order valence-corrected chi connectivity index (χ3v) is 0.356. The summed E-state index contributed by atoms with van der Waals surface area (Å²) < 4.78 is 0. The minimum atomic E-state index is -1.15. The molecule has 0 aliphatic rings. The fourth-order valence-electron chi connectivity index (χ4n) is 0.0912. The summed E-state index contributed by atoms with van der Waals surface area (Å²) in [4.78, 5) is 9.52. The second-order valence-corrected chi connectivity index (χ2v) is 0.928. The molecule has 0 saturated carbocycles. The predicted octanol–water partition coefficient (Wildman–Crippen LogP) is 0.0741. The maximum absolute atomic E-state index is 9.52. The summed E-state index contributed by atoms with van der Waals surface area (Å²) in [5, 5.41) is 8.87. The lowest BCUT2D eigenvalue weighted by atomic mass is 10.6. The third kappa shape index (κ3) is 5.12. The second-order valence-electron chi connectivity index (χ2n) is 0.692. The molecular weight excluding hydrogens is 112 g/mol. The van der Waals surface area contributed by atoms with Gasteiger partial charge in [0.1, 0.15) is 0 Å². The average Bonchev–Trinajstić information content (AvgIpc) is 1.61. The van der Waals surface area contributed by atoms with Crippen LogP contribution in [0.5, 0.6) is 0 Å².